The lowest BCUT2D eigenvalue weighted by Crippen LogP contribution is -2.48. The van der Waals surface area contributed by atoms with Gasteiger partial charge < -0.3 is 26.0 Å². The van der Waals surface area contributed by atoms with Gasteiger partial charge in [0.15, 0.2) is 0 Å². The molecule has 150 valence electrons. The number of anilines is 1. The highest BCUT2D eigenvalue weighted by Crippen LogP contribution is 2.31. The fraction of sp³-hybridized carbons (Fsp3) is 0.556. The minimum Gasteiger partial charge on any atom is -0.433 e. The number of ether oxygens (including phenoxy) is 1. The van der Waals surface area contributed by atoms with Crippen molar-refractivity contribution in [2.24, 2.45) is 11.7 Å². The van der Waals surface area contributed by atoms with E-state index in [0.29, 0.717) is 25.2 Å². The Morgan fingerprint density at radius 2 is 2.04 bits per heavy atom. The number of nitrogens with two attached hydrogens (primary N) is 1. The number of halogens is 2. The molecule has 2 atom stereocenters. The van der Waals surface area contributed by atoms with Crippen LogP contribution in [0.2, 0.25) is 0 Å². The minimum atomic E-state index is -2.90. The standard InChI is InChI=1S/C18H26F2N4O3/c1-11(2)16(21)17(26)22-9-15(25)23-12-7-8-24(10-12)13-5-3-4-6-14(13)27-18(19)20/h3-6,11-12,16,18H,7-10,21H2,1-2H3,(H,22,26)(H,23,25)/t12?,16-/m0/s1. The van der Waals surface area contributed by atoms with E-state index in [1.54, 1.807) is 18.2 Å². The van der Waals surface area contributed by atoms with E-state index in [0.717, 1.165) is 0 Å². The smallest absolute Gasteiger partial charge is 0.387 e. The number of alkyl halides is 2. The van der Waals surface area contributed by atoms with Crippen LogP contribution in [0.15, 0.2) is 24.3 Å². The maximum Gasteiger partial charge on any atom is 0.387 e. The summed E-state index contributed by atoms with van der Waals surface area (Å²) >= 11 is 0. The zero-order chi connectivity index (χ0) is 20.0. The first-order valence-corrected chi connectivity index (χ1v) is 8.89. The Morgan fingerprint density at radius 1 is 1.33 bits per heavy atom. The Bertz CT molecular complexity index is 657. The molecule has 9 heteroatoms. The molecule has 1 aromatic carbocycles. The first-order chi connectivity index (χ1) is 12.8. The molecule has 1 aliphatic rings. The van der Waals surface area contributed by atoms with Gasteiger partial charge >= 0.3 is 6.61 Å². The van der Waals surface area contributed by atoms with Crippen molar-refractivity contribution < 1.29 is 23.1 Å². The van der Waals surface area contributed by atoms with Gasteiger partial charge in [0.2, 0.25) is 11.8 Å². The molecule has 7 nitrogen and oxygen atoms in total. The van der Waals surface area contributed by atoms with E-state index in [4.69, 9.17) is 5.73 Å². The van der Waals surface area contributed by atoms with Crippen molar-refractivity contribution in [1.29, 1.82) is 0 Å². The molecule has 0 radical (unpaired) electrons. The number of hydrogen-bond donors (Lipinski definition) is 3. The van der Waals surface area contributed by atoms with Gasteiger partial charge in [-0.05, 0) is 24.5 Å². The number of benzene rings is 1. The van der Waals surface area contributed by atoms with Crippen molar-refractivity contribution in [3.05, 3.63) is 24.3 Å². The summed E-state index contributed by atoms with van der Waals surface area (Å²) in [7, 11) is 0. The zero-order valence-corrected chi connectivity index (χ0v) is 15.5. The molecule has 1 saturated heterocycles. The minimum absolute atomic E-state index is 0.0213. The number of hydrogen-bond acceptors (Lipinski definition) is 5. The second kappa shape index (κ2) is 9.50. The number of nitrogens with one attached hydrogen (secondary N) is 2. The van der Waals surface area contributed by atoms with Gasteiger partial charge in [0, 0.05) is 19.1 Å². The number of para-hydroxylation sites is 2. The van der Waals surface area contributed by atoms with Gasteiger partial charge in [-0.25, -0.2) is 0 Å². The van der Waals surface area contributed by atoms with Crippen LogP contribution in [-0.2, 0) is 9.59 Å². The van der Waals surface area contributed by atoms with E-state index in [-0.39, 0.29) is 36.1 Å². The van der Waals surface area contributed by atoms with Gasteiger partial charge in [0.05, 0.1) is 18.3 Å². The van der Waals surface area contributed by atoms with Crippen LogP contribution in [0.3, 0.4) is 0 Å². The summed E-state index contributed by atoms with van der Waals surface area (Å²) in [4.78, 5) is 25.7. The molecule has 0 spiro atoms. The van der Waals surface area contributed by atoms with Gasteiger partial charge in [-0.3, -0.25) is 9.59 Å². The lowest BCUT2D eigenvalue weighted by atomic mass is 10.1. The average Bonchev–Trinajstić information content (AvgIpc) is 3.07. The van der Waals surface area contributed by atoms with Gasteiger partial charge in [-0.2, -0.15) is 8.78 Å². The van der Waals surface area contributed by atoms with Crippen LogP contribution in [0.4, 0.5) is 14.5 Å². The van der Waals surface area contributed by atoms with Crippen molar-refractivity contribution in [3.8, 4) is 5.75 Å². The van der Waals surface area contributed by atoms with E-state index in [1.165, 1.54) is 6.07 Å². The molecular weight excluding hydrogens is 358 g/mol. The van der Waals surface area contributed by atoms with Crippen LogP contribution in [-0.4, -0.2) is 50.1 Å². The SMILES string of the molecule is CC(C)[C@H](N)C(=O)NCC(=O)NC1CCN(c2ccccc2OC(F)F)C1. The Kier molecular flexibility index (Phi) is 7.35. The van der Waals surface area contributed by atoms with E-state index >= 15 is 0 Å². The van der Waals surface area contributed by atoms with Gasteiger partial charge in [-0.15, -0.1) is 0 Å². The third-order valence-corrected chi connectivity index (χ3v) is 4.42. The van der Waals surface area contributed by atoms with Gasteiger partial charge in [-0.1, -0.05) is 26.0 Å². The Hall–Kier alpha value is -2.42. The molecule has 2 amide bonds. The first-order valence-electron chi connectivity index (χ1n) is 8.89. The molecular formula is C18H26F2N4O3. The Labute approximate surface area is 157 Å². The van der Waals surface area contributed by atoms with Crippen LogP contribution in [0.1, 0.15) is 20.3 Å². The number of rotatable bonds is 8. The second-order valence-corrected chi connectivity index (χ2v) is 6.83. The van der Waals surface area contributed by atoms with Crippen molar-refractivity contribution in [3.63, 3.8) is 0 Å². The summed E-state index contributed by atoms with van der Waals surface area (Å²) in [5, 5.41) is 5.36. The van der Waals surface area contributed by atoms with E-state index < -0.39 is 12.7 Å². The van der Waals surface area contributed by atoms with Crippen molar-refractivity contribution in [2.45, 2.75) is 39.0 Å². The highest BCUT2D eigenvalue weighted by molar-refractivity contribution is 5.87. The molecule has 1 heterocycles. The fourth-order valence-corrected chi connectivity index (χ4v) is 2.88. The number of carbonyl (C=O) groups is 2. The fourth-order valence-electron chi connectivity index (χ4n) is 2.88. The molecule has 1 unspecified atom stereocenters. The molecule has 0 aliphatic carbocycles. The number of carbonyl (C=O) groups excluding carboxylic acids is 2. The Morgan fingerprint density at radius 3 is 2.70 bits per heavy atom. The van der Waals surface area contributed by atoms with Crippen molar-refractivity contribution in [2.75, 3.05) is 24.5 Å². The zero-order valence-electron chi connectivity index (χ0n) is 15.5. The van der Waals surface area contributed by atoms with Crippen LogP contribution >= 0.6 is 0 Å². The summed E-state index contributed by atoms with van der Waals surface area (Å²) in [6, 6.07) is 5.75. The lowest BCUT2D eigenvalue weighted by molar-refractivity contribution is -0.127. The normalized spacial score (nSPS) is 17.9. The summed E-state index contributed by atoms with van der Waals surface area (Å²) in [5.74, 6) is -0.601. The highest BCUT2D eigenvalue weighted by Gasteiger charge is 2.26. The third-order valence-electron chi connectivity index (χ3n) is 4.42. The summed E-state index contributed by atoms with van der Waals surface area (Å²) < 4.78 is 29.7. The van der Waals surface area contributed by atoms with E-state index in [9.17, 15) is 18.4 Å². The molecule has 0 aromatic heterocycles. The molecule has 0 saturated carbocycles. The van der Waals surface area contributed by atoms with Gasteiger partial charge in [0.25, 0.3) is 0 Å². The maximum atomic E-state index is 12.6. The predicted molar refractivity (Wildman–Crippen MR) is 97.7 cm³/mol. The van der Waals surface area contributed by atoms with Crippen molar-refractivity contribution in [1.82, 2.24) is 10.6 Å². The highest BCUT2D eigenvalue weighted by atomic mass is 19.3. The number of nitrogens with zero attached hydrogens (tertiary/aromatic N) is 1. The summed E-state index contributed by atoms with van der Waals surface area (Å²) in [6.45, 7) is 1.67. The average molecular weight is 384 g/mol. The van der Waals surface area contributed by atoms with E-state index in [2.05, 4.69) is 15.4 Å². The topological polar surface area (TPSA) is 96.7 Å². The summed E-state index contributed by atoms with van der Waals surface area (Å²) in [6.07, 6.45) is 0.661. The molecule has 27 heavy (non-hydrogen) atoms. The van der Waals surface area contributed by atoms with E-state index in [1.807, 2.05) is 18.7 Å². The lowest BCUT2D eigenvalue weighted by Gasteiger charge is -2.22. The maximum absolute atomic E-state index is 12.6. The second-order valence-electron chi connectivity index (χ2n) is 6.83. The molecule has 1 aromatic rings. The first kappa shape index (κ1) is 20.9. The van der Waals surface area contributed by atoms with Crippen LogP contribution in [0.25, 0.3) is 0 Å². The number of amides is 2. The molecule has 4 N–H and O–H groups in total. The van der Waals surface area contributed by atoms with Crippen LogP contribution in [0, 0.1) is 5.92 Å². The van der Waals surface area contributed by atoms with Crippen LogP contribution in [0.5, 0.6) is 5.75 Å². The quantitative estimate of drug-likeness (QED) is 0.623. The Balaban J connectivity index is 1.84. The van der Waals surface area contributed by atoms with Crippen LogP contribution < -0.4 is 26.0 Å². The predicted octanol–water partition coefficient (Wildman–Crippen LogP) is 1.08. The summed E-state index contributed by atoms with van der Waals surface area (Å²) in [5.41, 5.74) is 6.29. The molecule has 1 aliphatic heterocycles. The monoisotopic (exact) mass is 384 g/mol. The third kappa shape index (κ3) is 6.06. The van der Waals surface area contributed by atoms with Gasteiger partial charge in [0.1, 0.15) is 5.75 Å². The molecule has 2 rings (SSSR count). The molecule has 0 bridgehead atoms. The largest absolute Gasteiger partial charge is 0.433 e. The molecule has 1 fully saturated rings. The van der Waals surface area contributed by atoms with Crippen molar-refractivity contribution >= 4 is 17.5 Å².